The molecule has 0 aliphatic carbocycles. The summed E-state index contributed by atoms with van der Waals surface area (Å²) in [7, 11) is 0. The van der Waals surface area contributed by atoms with Crippen LogP contribution in [0.2, 0.25) is 0 Å². The van der Waals surface area contributed by atoms with Crippen molar-refractivity contribution in [1.82, 2.24) is 0 Å². The molecule has 0 heterocycles. The van der Waals surface area contributed by atoms with Crippen LogP contribution in [0, 0.1) is 0 Å². The predicted octanol–water partition coefficient (Wildman–Crippen LogP) is 3.41. The first-order chi connectivity index (χ1) is 7.50. The zero-order chi connectivity index (χ0) is 11.8. The van der Waals surface area contributed by atoms with E-state index in [9.17, 15) is 17.7 Å². The number of carbonyl (C=O) groups excluding carboxylic acids is 1. The summed E-state index contributed by atoms with van der Waals surface area (Å²) in [5.41, 5.74) is -2.01. The van der Waals surface area contributed by atoms with Crippen LogP contribution in [0.3, 0.4) is 0 Å². The Morgan fingerprint density at radius 1 is 0.938 bits per heavy atom. The first-order valence-electron chi connectivity index (χ1n) is 4.72. The molecular formula is C11H7BF3O-. The Morgan fingerprint density at radius 3 is 2.25 bits per heavy atom. The van der Waals surface area contributed by atoms with Crippen molar-refractivity contribution in [1.29, 1.82) is 0 Å². The highest BCUT2D eigenvalue weighted by molar-refractivity contribution is 6.93. The van der Waals surface area contributed by atoms with Crippen LogP contribution in [0.25, 0.3) is 10.8 Å². The number of hydrogen-bond acceptors (Lipinski definition) is 1. The zero-order valence-corrected chi connectivity index (χ0v) is 8.16. The summed E-state index contributed by atoms with van der Waals surface area (Å²) < 4.78 is 37.1. The molecule has 0 aromatic heterocycles. The molecule has 0 unspecified atom stereocenters. The van der Waals surface area contributed by atoms with E-state index in [4.69, 9.17) is 0 Å². The van der Waals surface area contributed by atoms with Crippen molar-refractivity contribution < 1.29 is 17.7 Å². The number of hydrogen-bond donors (Lipinski definition) is 0. The van der Waals surface area contributed by atoms with Gasteiger partial charge >= 0.3 is 6.98 Å². The lowest BCUT2D eigenvalue weighted by molar-refractivity contribution is 0.102. The van der Waals surface area contributed by atoms with Gasteiger partial charge in [-0.3, -0.25) is 0 Å². The summed E-state index contributed by atoms with van der Waals surface area (Å²) in [6.07, 6.45) is 0. The Labute approximate surface area is 89.9 Å². The molecule has 1 nitrogen and oxygen atoms in total. The fourth-order valence-electron chi connectivity index (χ4n) is 1.62. The first-order valence-corrected chi connectivity index (χ1v) is 4.72. The molecular weight excluding hydrogens is 216 g/mol. The zero-order valence-electron chi connectivity index (χ0n) is 8.16. The van der Waals surface area contributed by atoms with E-state index in [2.05, 4.69) is 0 Å². The van der Waals surface area contributed by atoms with E-state index in [1.165, 1.54) is 18.2 Å². The van der Waals surface area contributed by atoms with Gasteiger partial charge in [0.1, 0.15) is 5.68 Å². The van der Waals surface area contributed by atoms with Gasteiger partial charge in [0.2, 0.25) is 0 Å². The van der Waals surface area contributed by atoms with Crippen LogP contribution in [-0.4, -0.2) is 12.7 Å². The van der Waals surface area contributed by atoms with Gasteiger partial charge in [0.25, 0.3) is 0 Å². The molecule has 0 atom stereocenters. The summed E-state index contributed by atoms with van der Waals surface area (Å²) in [6, 6.07) is 10.9. The van der Waals surface area contributed by atoms with Crippen molar-refractivity contribution in [2.24, 2.45) is 0 Å². The molecule has 0 saturated heterocycles. The van der Waals surface area contributed by atoms with Crippen LogP contribution in [0.4, 0.5) is 12.9 Å². The number of fused-ring (bicyclic) bond motifs is 1. The molecule has 2 aromatic carbocycles. The highest BCUT2D eigenvalue weighted by atomic mass is 19.4. The van der Waals surface area contributed by atoms with E-state index in [0.29, 0.717) is 10.8 Å². The van der Waals surface area contributed by atoms with Gasteiger partial charge in [0.15, 0.2) is 0 Å². The highest BCUT2D eigenvalue weighted by Gasteiger charge is 2.34. The lowest BCUT2D eigenvalue weighted by Crippen LogP contribution is -2.29. The van der Waals surface area contributed by atoms with E-state index in [1.807, 2.05) is 0 Å². The fourth-order valence-corrected chi connectivity index (χ4v) is 1.62. The molecule has 0 aliphatic rings. The Balaban J connectivity index is 2.66. The second-order valence-corrected chi connectivity index (χ2v) is 3.47. The van der Waals surface area contributed by atoms with Crippen LogP contribution < -0.4 is 0 Å². The Hall–Kier alpha value is -1.78. The average molecular weight is 223 g/mol. The molecule has 2 rings (SSSR count). The summed E-state index contributed by atoms with van der Waals surface area (Å²) in [4.78, 5) is 11.2. The van der Waals surface area contributed by atoms with Crippen molar-refractivity contribution in [3.05, 3.63) is 48.0 Å². The van der Waals surface area contributed by atoms with Crippen molar-refractivity contribution >= 4 is 23.4 Å². The van der Waals surface area contributed by atoms with Crippen LogP contribution in [-0.2, 0) is 0 Å². The molecule has 82 valence electrons. The monoisotopic (exact) mass is 223 g/mol. The second kappa shape index (κ2) is 3.66. The van der Waals surface area contributed by atoms with Gasteiger partial charge in [-0.1, -0.05) is 42.5 Å². The van der Waals surface area contributed by atoms with E-state index < -0.39 is 12.7 Å². The molecule has 0 aliphatic heterocycles. The van der Waals surface area contributed by atoms with E-state index in [-0.39, 0.29) is 5.56 Å². The highest BCUT2D eigenvalue weighted by Crippen LogP contribution is 2.23. The first kappa shape index (κ1) is 10.7. The Morgan fingerprint density at radius 2 is 1.56 bits per heavy atom. The van der Waals surface area contributed by atoms with Gasteiger partial charge in [-0.15, -0.1) is 0 Å². The average Bonchev–Trinajstić information content (AvgIpc) is 2.26. The van der Waals surface area contributed by atoms with Gasteiger partial charge < -0.3 is 17.7 Å². The predicted molar refractivity (Wildman–Crippen MR) is 57.4 cm³/mol. The molecule has 16 heavy (non-hydrogen) atoms. The van der Waals surface area contributed by atoms with Gasteiger partial charge in [-0.05, 0) is 16.3 Å². The molecule has 0 bridgehead atoms. The topological polar surface area (TPSA) is 17.1 Å². The summed E-state index contributed by atoms with van der Waals surface area (Å²) in [5.74, 6) is 0. The number of carbonyl (C=O) groups is 1. The third kappa shape index (κ3) is 1.80. The molecule has 0 N–H and O–H groups in total. The lowest BCUT2D eigenvalue weighted by atomic mass is 9.78. The molecule has 5 heteroatoms. The largest absolute Gasteiger partial charge is 0.549 e. The van der Waals surface area contributed by atoms with Gasteiger partial charge in [-0.2, -0.15) is 0 Å². The standard InChI is InChI=1S/C11H7BF3O/c13-12(14,15)11(16)10-7-3-5-8-4-1-2-6-9(8)10/h1-7H/q-1. The minimum Gasteiger partial charge on any atom is -0.443 e. The third-order valence-corrected chi connectivity index (χ3v) is 2.35. The van der Waals surface area contributed by atoms with Crippen molar-refractivity contribution in [3.8, 4) is 0 Å². The maximum Gasteiger partial charge on any atom is 0.549 e. The lowest BCUT2D eigenvalue weighted by Gasteiger charge is -2.14. The Bertz CT molecular complexity index is 543. The molecule has 0 spiro atoms. The minimum absolute atomic E-state index is 0.273. The number of benzene rings is 2. The Kier molecular flexibility index (Phi) is 2.46. The number of rotatable bonds is 2. The van der Waals surface area contributed by atoms with E-state index in [1.54, 1.807) is 24.3 Å². The minimum atomic E-state index is -5.47. The van der Waals surface area contributed by atoms with Crippen LogP contribution in [0.5, 0.6) is 0 Å². The molecule has 0 radical (unpaired) electrons. The molecule has 0 amide bonds. The molecule has 0 fully saturated rings. The van der Waals surface area contributed by atoms with Crippen molar-refractivity contribution in [2.45, 2.75) is 0 Å². The smallest absolute Gasteiger partial charge is 0.443 e. The maximum atomic E-state index is 12.4. The normalized spacial score (nSPS) is 11.7. The molecule has 0 saturated carbocycles. The van der Waals surface area contributed by atoms with Gasteiger partial charge in [-0.25, -0.2) is 0 Å². The van der Waals surface area contributed by atoms with Gasteiger partial charge in [0, 0.05) is 0 Å². The summed E-state index contributed by atoms with van der Waals surface area (Å²) >= 11 is 0. The third-order valence-electron chi connectivity index (χ3n) is 2.35. The van der Waals surface area contributed by atoms with Crippen LogP contribution in [0.1, 0.15) is 10.4 Å². The quantitative estimate of drug-likeness (QED) is 0.713. The number of halogens is 3. The van der Waals surface area contributed by atoms with Crippen molar-refractivity contribution in [2.75, 3.05) is 0 Å². The van der Waals surface area contributed by atoms with Crippen LogP contribution in [0.15, 0.2) is 42.5 Å². The summed E-state index contributed by atoms with van der Waals surface area (Å²) in [6.45, 7) is -5.47. The fraction of sp³-hybridized carbons (Fsp3) is 0. The van der Waals surface area contributed by atoms with E-state index in [0.717, 1.165) is 0 Å². The maximum absolute atomic E-state index is 12.4. The van der Waals surface area contributed by atoms with Gasteiger partial charge in [0.05, 0.1) is 0 Å². The second-order valence-electron chi connectivity index (χ2n) is 3.47. The summed E-state index contributed by atoms with van der Waals surface area (Å²) in [5, 5.41) is 0.975. The molecule has 2 aromatic rings. The van der Waals surface area contributed by atoms with E-state index >= 15 is 0 Å². The SMILES string of the molecule is O=C(c1cccc2ccccc12)[B-](F)(F)F. The van der Waals surface area contributed by atoms with Crippen LogP contribution >= 0.6 is 0 Å². The van der Waals surface area contributed by atoms with Crippen molar-refractivity contribution in [3.63, 3.8) is 0 Å².